The van der Waals surface area contributed by atoms with Gasteiger partial charge in [-0.15, -0.1) is 0 Å². The lowest BCUT2D eigenvalue weighted by molar-refractivity contribution is 0.0517. The molecule has 4 rings (SSSR count). The zero-order valence-corrected chi connectivity index (χ0v) is 23.2. The van der Waals surface area contributed by atoms with Gasteiger partial charge in [-0.25, -0.2) is 0 Å². The smallest absolute Gasteiger partial charge is 0.257 e. The van der Waals surface area contributed by atoms with E-state index in [0.29, 0.717) is 41.7 Å². The van der Waals surface area contributed by atoms with Gasteiger partial charge >= 0.3 is 0 Å². The van der Waals surface area contributed by atoms with Gasteiger partial charge in [-0.2, -0.15) is 0 Å². The molecule has 2 aromatic rings. The van der Waals surface area contributed by atoms with Gasteiger partial charge < -0.3 is 19.7 Å². The van der Waals surface area contributed by atoms with Gasteiger partial charge in [-0.05, 0) is 73.9 Å². The topological polar surface area (TPSA) is 67.9 Å². The number of unbranched alkanes of at least 4 members (excludes halogenated alkanes) is 3. The van der Waals surface area contributed by atoms with Gasteiger partial charge in [0.2, 0.25) is 0 Å². The third-order valence-corrected chi connectivity index (χ3v) is 7.89. The van der Waals surface area contributed by atoms with Crippen molar-refractivity contribution in [3.05, 3.63) is 53.6 Å². The zero-order valence-electron chi connectivity index (χ0n) is 23.2. The first-order valence-corrected chi connectivity index (χ1v) is 14.7. The molecule has 0 unspecified atom stereocenters. The van der Waals surface area contributed by atoms with Crippen LogP contribution in [0.3, 0.4) is 0 Å². The zero-order chi connectivity index (χ0) is 26.7. The maximum atomic E-state index is 13.5. The number of hydrogen-bond acceptors (Lipinski definition) is 4. The number of hydrogen-bond donors (Lipinski definition) is 1. The van der Waals surface area contributed by atoms with Crippen molar-refractivity contribution in [1.82, 2.24) is 4.90 Å². The molecule has 2 aliphatic rings. The fraction of sp³-hybridized carbons (Fsp3) is 0.562. The molecule has 6 nitrogen and oxygen atoms in total. The summed E-state index contributed by atoms with van der Waals surface area (Å²) in [7, 11) is 0. The van der Waals surface area contributed by atoms with Crippen LogP contribution in [-0.4, -0.2) is 43.0 Å². The quantitative estimate of drug-likeness (QED) is 0.297. The van der Waals surface area contributed by atoms with Crippen molar-refractivity contribution in [3.63, 3.8) is 0 Å². The average Bonchev–Trinajstić information content (AvgIpc) is 2.95. The summed E-state index contributed by atoms with van der Waals surface area (Å²) in [5.41, 5.74) is 1.74. The van der Waals surface area contributed by atoms with Crippen LogP contribution >= 0.6 is 0 Å². The first kappa shape index (κ1) is 28.0. The van der Waals surface area contributed by atoms with Crippen molar-refractivity contribution in [1.29, 1.82) is 0 Å². The lowest BCUT2D eigenvalue weighted by atomic mass is 9.75. The van der Waals surface area contributed by atoms with E-state index in [1.54, 1.807) is 30.3 Å². The Kier molecular flexibility index (Phi) is 10.5. The SMILES string of the molecule is CCCCCCOc1ccc(C(=O)Nc2ccc(C(=O)N3CC[C@H]4CCCC[C@H]4C3)c(OCCC)c2)cc1. The second kappa shape index (κ2) is 14.2. The predicted octanol–water partition coefficient (Wildman–Crippen LogP) is 7.34. The number of nitrogens with zero attached hydrogens (tertiary/aromatic N) is 1. The molecule has 0 aromatic heterocycles. The summed E-state index contributed by atoms with van der Waals surface area (Å²) in [5.74, 6) is 2.52. The molecule has 1 N–H and O–H groups in total. The Bertz CT molecular complexity index is 1050. The Morgan fingerprint density at radius 1 is 0.868 bits per heavy atom. The van der Waals surface area contributed by atoms with Crippen LogP contribution in [0.15, 0.2) is 42.5 Å². The van der Waals surface area contributed by atoms with Crippen molar-refractivity contribution >= 4 is 17.5 Å². The second-order valence-corrected chi connectivity index (χ2v) is 10.8. The number of ether oxygens (including phenoxy) is 2. The third-order valence-electron chi connectivity index (χ3n) is 7.89. The number of likely N-dealkylation sites (tertiary alicyclic amines) is 1. The lowest BCUT2D eigenvalue weighted by Gasteiger charge is -2.41. The molecule has 6 heteroatoms. The Balaban J connectivity index is 1.39. The van der Waals surface area contributed by atoms with Crippen LogP contribution in [0.4, 0.5) is 5.69 Å². The molecule has 1 aliphatic carbocycles. The van der Waals surface area contributed by atoms with E-state index in [1.165, 1.54) is 44.9 Å². The number of anilines is 1. The highest BCUT2D eigenvalue weighted by Gasteiger charge is 2.34. The molecule has 2 atom stereocenters. The maximum absolute atomic E-state index is 13.5. The molecule has 1 saturated heterocycles. The van der Waals surface area contributed by atoms with Crippen molar-refractivity contribution < 1.29 is 19.1 Å². The maximum Gasteiger partial charge on any atom is 0.257 e. The van der Waals surface area contributed by atoms with E-state index in [4.69, 9.17) is 9.47 Å². The van der Waals surface area contributed by atoms with E-state index in [1.807, 2.05) is 24.0 Å². The van der Waals surface area contributed by atoms with E-state index in [2.05, 4.69) is 12.2 Å². The number of fused-ring (bicyclic) bond motifs is 1. The normalized spacial score (nSPS) is 18.9. The highest BCUT2D eigenvalue weighted by molar-refractivity contribution is 6.05. The number of amides is 2. The minimum absolute atomic E-state index is 0.0308. The molecule has 38 heavy (non-hydrogen) atoms. The highest BCUT2D eigenvalue weighted by atomic mass is 16.5. The minimum atomic E-state index is -0.209. The van der Waals surface area contributed by atoms with Gasteiger partial charge in [-0.3, -0.25) is 9.59 Å². The number of carbonyl (C=O) groups is 2. The summed E-state index contributed by atoms with van der Waals surface area (Å²) in [4.78, 5) is 28.4. The molecule has 0 spiro atoms. The van der Waals surface area contributed by atoms with Crippen molar-refractivity contribution in [2.45, 2.75) is 78.1 Å². The van der Waals surface area contributed by atoms with E-state index in [0.717, 1.165) is 44.0 Å². The fourth-order valence-corrected chi connectivity index (χ4v) is 5.69. The van der Waals surface area contributed by atoms with Crippen LogP contribution in [0, 0.1) is 11.8 Å². The summed E-state index contributed by atoms with van der Waals surface area (Å²) in [6.07, 6.45) is 11.7. The summed E-state index contributed by atoms with van der Waals surface area (Å²) in [6, 6.07) is 12.6. The Hall–Kier alpha value is -3.02. The first-order chi connectivity index (χ1) is 18.6. The van der Waals surface area contributed by atoms with Crippen molar-refractivity contribution in [2.24, 2.45) is 11.8 Å². The van der Waals surface area contributed by atoms with Crippen LogP contribution < -0.4 is 14.8 Å². The molecule has 2 fully saturated rings. The molecule has 1 heterocycles. The molecule has 206 valence electrons. The molecular formula is C32H44N2O4. The average molecular weight is 521 g/mol. The summed E-state index contributed by atoms with van der Waals surface area (Å²) in [5, 5.41) is 2.96. The van der Waals surface area contributed by atoms with Crippen molar-refractivity contribution in [3.8, 4) is 11.5 Å². The molecular weight excluding hydrogens is 476 g/mol. The number of nitrogens with one attached hydrogen (secondary N) is 1. The molecule has 1 saturated carbocycles. The molecule has 0 bridgehead atoms. The summed E-state index contributed by atoms with van der Waals surface area (Å²) >= 11 is 0. The van der Waals surface area contributed by atoms with E-state index >= 15 is 0 Å². The van der Waals surface area contributed by atoms with Crippen LogP contribution in [0.2, 0.25) is 0 Å². The first-order valence-electron chi connectivity index (χ1n) is 14.7. The number of piperidine rings is 1. The predicted molar refractivity (Wildman–Crippen MR) is 152 cm³/mol. The monoisotopic (exact) mass is 520 g/mol. The van der Waals surface area contributed by atoms with Crippen LogP contribution in [0.1, 0.15) is 98.8 Å². The van der Waals surface area contributed by atoms with Gasteiger partial charge in [0.15, 0.2) is 0 Å². The van der Waals surface area contributed by atoms with Crippen molar-refractivity contribution in [2.75, 3.05) is 31.6 Å². The number of rotatable bonds is 12. The van der Waals surface area contributed by atoms with E-state index < -0.39 is 0 Å². The summed E-state index contributed by atoms with van der Waals surface area (Å²) < 4.78 is 11.8. The van der Waals surface area contributed by atoms with Crippen LogP contribution in [0.25, 0.3) is 0 Å². The van der Waals surface area contributed by atoms with Gasteiger partial charge in [0, 0.05) is 30.4 Å². The summed E-state index contributed by atoms with van der Waals surface area (Å²) in [6.45, 7) is 7.09. The molecule has 0 radical (unpaired) electrons. The standard InChI is InChI=1S/C32H44N2O4/c1-3-5-6-9-21-37-28-15-12-25(13-16-28)31(35)33-27-14-17-29(30(22-27)38-20-4-2)32(36)34-19-18-24-10-7-8-11-26(24)23-34/h12-17,22,24,26H,3-11,18-21,23H2,1-2H3,(H,33,35)/t24-,26+/m1/s1. The van der Waals surface area contributed by atoms with E-state index in [-0.39, 0.29) is 11.8 Å². The minimum Gasteiger partial charge on any atom is -0.494 e. The highest BCUT2D eigenvalue weighted by Crippen LogP contribution is 2.37. The number of benzene rings is 2. The third kappa shape index (κ3) is 7.52. The molecule has 1 aliphatic heterocycles. The Morgan fingerprint density at radius 2 is 1.66 bits per heavy atom. The van der Waals surface area contributed by atoms with Crippen LogP contribution in [0.5, 0.6) is 11.5 Å². The Morgan fingerprint density at radius 3 is 2.42 bits per heavy atom. The van der Waals surface area contributed by atoms with E-state index in [9.17, 15) is 9.59 Å². The van der Waals surface area contributed by atoms with Gasteiger partial charge in [0.25, 0.3) is 11.8 Å². The van der Waals surface area contributed by atoms with Gasteiger partial charge in [0.05, 0.1) is 18.8 Å². The van der Waals surface area contributed by atoms with Gasteiger partial charge in [-0.1, -0.05) is 52.4 Å². The molecule has 2 amide bonds. The fourth-order valence-electron chi connectivity index (χ4n) is 5.69. The Labute approximate surface area is 228 Å². The molecule has 2 aromatic carbocycles. The second-order valence-electron chi connectivity index (χ2n) is 10.8. The largest absolute Gasteiger partial charge is 0.494 e. The van der Waals surface area contributed by atoms with Gasteiger partial charge in [0.1, 0.15) is 11.5 Å². The number of carbonyl (C=O) groups excluding carboxylic acids is 2. The lowest BCUT2D eigenvalue weighted by Crippen LogP contribution is -2.44. The van der Waals surface area contributed by atoms with Crippen LogP contribution in [-0.2, 0) is 0 Å².